The normalized spacial score (nSPS) is 31.7. The van der Waals surface area contributed by atoms with Crippen LogP contribution in [0.5, 0.6) is 0 Å². The van der Waals surface area contributed by atoms with E-state index in [2.05, 4.69) is 28.2 Å². The fourth-order valence-corrected chi connectivity index (χ4v) is 3.15. The molecule has 1 aromatic rings. The molecule has 3 unspecified atom stereocenters. The van der Waals surface area contributed by atoms with E-state index < -0.39 is 0 Å². The summed E-state index contributed by atoms with van der Waals surface area (Å²) in [5.41, 5.74) is 2.50. The number of aryl methyl sites for hydroxylation is 1. The molecule has 2 fully saturated rings. The zero-order chi connectivity index (χ0) is 11.7. The first-order valence-electron chi connectivity index (χ1n) is 6.69. The monoisotopic (exact) mass is 231 g/mol. The molecule has 3 atom stereocenters. The van der Waals surface area contributed by atoms with Crippen LogP contribution in [-0.4, -0.2) is 35.6 Å². The number of hydrogen-bond acceptors (Lipinski definition) is 3. The highest BCUT2D eigenvalue weighted by Crippen LogP contribution is 2.27. The van der Waals surface area contributed by atoms with Gasteiger partial charge in [-0.05, 0) is 50.4 Å². The molecular weight excluding hydrogens is 210 g/mol. The molecule has 3 nitrogen and oxygen atoms in total. The van der Waals surface area contributed by atoms with Gasteiger partial charge in [0.05, 0.1) is 5.69 Å². The molecule has 3 rings (SSSR count). The number of nitrogens with one attached hydrogen (secondary N) is 1. The van der Waals surface area contributed by atoms with Crippen LogP contribution in [0.2, 0.25) is 0 Å². The molecule has 1 N–H and O–H groups in total. The van der Waals surface area contributed by atoms with Crippen molar-refractivity contribution in [3.05, 3.63) is 29.6 Å². The van der Waals surface area contributed by atoms with Gasteiger partial charge < -0.3 is 10.2 Å². The summed E-state index contributed by atoms with van der Waals surface area (Å²) in [5.74, 6) is 0.868. The van der Waals surface area contributed by atoms with Gasteiger partial charge in [0.2, 0.25) is 0 Å². The number of piperidine rings is 1. The SMILES string of the molecule is Cc1cccnc1CNC1CCN2CCC1C2. The van der Waals surface area contributed by atoms with Crippen LogP contribution in [0.1, 0.15) is 24.1 Å². The molecule has 0 aliphatic carbocycles. The van der Waals surface area contributed by atoms with Crippen LogP contribution in [0.15, 0.2) is 18.3 Å². The van der Waals surface area contributed by atoms with Crippen molar-refractivity contribution in [1.82, 2.24) is 15.2 Å². The van der Waals surface area contributed by atoms with Gasteiger partial charge in [-0.15, -0.1) is 0 Å². The highest BCUT2D eigenvalue weighted by molar-refractivity contribution is 5.17. The van der Waals surface area contributed by atoms with E-state index >= 15 is 0 Å². The second kappa shape index (κ2) is 4.75. The van der Waals surface area contributed by atoms with E-state index in [1.807, 2.05) is 12.3 Å². The topological polar surface area (TPSA) is 28.2 Å². The summed E-state index contributed by atoms with van der Waals surface area (Å²) in [5, 5.41) is 3.72. The van der Waals surface area contributed by atoms with Crippen LogP contribution >= 0.6 is 0 Å². The molecule has 2 aliphatic rings. The fourth-order valence-electron chi connectivity index (χ4n) is 3.15. The van der Waals surface area contributed by atoms with E-state index in [9.17, 15) is 0 Å². The second-order valence-corrected chi connectivity index (χ2v) is 5.39. The van der Waals surface area contributed by atoms with E-state index in [-0.39, 0.29) is 0 Å². The van der Waals surface area contributed by atoms with Gasteiger partial charge in [0.1, 0.15) is 0 Å². The highest BCUT2D eigenvalue weighted by Gasteiger charge is 2.33. The van der Waals surface area contributed by atoms with Crippen LogP contribution in [-0.2, 0) is 6.54 Å². The number of fused-ring (bicyclic) bond motifs is 2. The molecule has 0 radical (unpaired) electrons. The molecule has 0 amide bonds. The Kier molecular flexibility index (Phi) is 3.12. The maximum absolute atomic E-state index is 4.45. The zero-order valence-electron chi connectivity index (χ0n) is 10.5. The van der Waals surface area contributed by atoms with E-state index in [4.69, 9.17) is 0 Å². The quantitative estimate of drug-likeness (QED) is 0.856. The summed E-state index contributed by atoms with van der Waals surface area (Å²) in [4.78, 5) is 7.04. The van der Waals surface area contributed by atoms with Crippen LogP contribution in [0.4, 0.5) is 0 Å². The van der Waals surface area contributed by atoms with Crippen LogP contribution in [0, 0.1) is 12.8 Å². The van der Waals surface area contributed by atoms with Crippen molar-refractivity contribution >= 4 is 0 Å². The van der Waals surface area contributed by atoms with Crippen molar-refractivity contribution in [3.63, 3.8) is 0 Å². The summed E-state index contributed by atoms with van der Waals surface area (Å²) in [6.45, 7) is 6.95. The lowest BCUT2D eigenvalue weighted by Gasteiger charge is -2.31. The largest absolute Gasteiger partial charge is 0.308 e. The predicted octanol–water partition coefficient (Wildman–Crippen LogP) is 1.57. The van der Waals surface area contributed by atoms with Gasteiger partial charge >= 0.3 is 0 Å². The van der Waals surface area contributed by atoms with E-state index in [0.29, 0.717) is 6.04 Å². The number of hydrogen-bond donors (Lipinski definition) is 1. The third kappa shape index (κ3) is 2.35. The molecule has 3 heteroatoms. The van der Waals surface area contributed by atoms with Crippen molar-refractivity contribution in [2.45, 2.75) is 32.4 Å². The maximum Gasteiger partial charge on any atom is 0.0570 e. The van der Waals surface area contributed by atoms with Gasteiger partial charge in [-0.3, -0.25) is 4.98 Å². The number of rotatable bonds is 3. The van der Waals surface area contributed by atoms with Gasteiger partial charge in [-0.1, -0.05) is 6.07 Å². The number of aromatic nitrogens is 1. The van der Waals surface area contributed by atoms with Crippen LogP contribution in [0.3, 0.4) is 0 Å². The minimum Gasteiger partial charge on any atom is -0.308 e. The smallest absolute Gasteiger partial charge is 0.0570 e. The first-order valence-corrected chi connectivity index (χ1v) is 6.69. The third-order valence-electron chi connectivity index (χ3n) is 4.28. The Balaban J connectivity index is 1.59. The van der Waals surface area contributed by atoms with Crippen molar-refractivity contribution in [2.75, 3.05) is 19.6 Å². The lowest BCUT2D eigenvalue weighted by atomic mass is 9.94. The average molecular weight is 231 g/mol. The highest BCUT2D eigenvalue weighted by atomic mass is 15.2. The lowest BCUT2D eigenvalue weighted by Crippen LogP contribution is -2.43. The lowest BCUT2D eigenvalue weighted by molar-refractivity contribution is 0.220. The molecule has 2 bridgehead atoms. The van der Waals surface area contributed by atoms with Crippen molar-refractivity contribution in [2.24, 2.45) is 5.92 Å². The summed E-state index contributed by atoms with van der Waals surface area (Å²) in [6, 6.07) is 4.85. The van der Waals surface area contributed by atoms with E-state index in [1.165, 1.54) is 43.7 Å². The first kappa shape index (κ1) is 11.2. The Bertz CT molecular complexity index is 391. The second-order valence-electron chi connectivity index (χ2n) is 5.39. The Morgan fingerprint density at radius 1 is 1.41 bits per heavy atom. The summed E-state index contributed by atoms with van der Waals surface area (Å²) in [6.07, 6.45) is 4.57. The summed E-state index contributed by atoms with van der Waals surface area (Å²) < 4.78 is 0. The first-order chi connectivity index (χ1) is 8.33. The van der Waals surface area contributed by atoms with Gasteiger partial charge in [0, 0.05) is 25.3 Å². The average Bonchev–Trinajstić information content (AvgIpc) is 2.73. The molecule has 17 heavy (non-hydrogen) atoms. The van der Waals surface area contributed by atoms with Gasteiger partial charge in [0.25, 0.3) is 0 Å². The number of pyridine rings is 1. The van der Waals surface area contributed by atoms with Gasteiger partial charge in [-0.2, -0.15) is 0 Å². The predicted molar refractivity (Wildman–Crippen MR) is 68.8 cm³/mol. The molecule has 1 aromatic heterocycles. The molecule has 2 aliphatic heterocycles. The van der Waals surface area contributed by atoms with Crippen LogP contribution < -0.4 is 5.32 Å². The third-order valence-corrected chi connectivity index (χ3v) is 4.28. The zero-order valence-corrected chi connectivity index (χ0v) is 10.5. The fraction of sp³-hybridized carbons (Fsp3) is 0.643. The molecule has 3 heterocycles. The standard InChI is InChI=1S/C14H21N3/c1-11-3-2-6-15-14(11)9-16-13-5-8-17-7-4-12(13)10-17/h2-3,6,12-13,16H,4-5,7-10H2,1H3. The van der Waals surface area contributed by atoms with Crippen molar-refractivity contribution < 1.29 is 0 Å². The van der Waals surface area contributed by atoms with Crippen molar-refractivity contribution in [1.29, 1.82) is 0 Å². The molecular formula is C14H21N3. The molecule has 0 aromatic carbocycles. The number of nitrogens with zero attached hydrogens (tertiary/aromatic N) is 2. The minimum absolute atomic E-state index is 0.704. The van der Waals surface area contributed by atoms with E-state index in [1.54, 1.807) is 0 Å². The Morgan fingerprint density at radius 2 is 2.29 bits per heavy atom. The molecule has 0 spiro atoms. The minimum atomic E-state index is 0.704. The molecule has 2 saturated heterocycles. The molecule has 0 saturated carbocycles. The summed E-state index contributed by atoms with van der Waals surface area (Å²) >= 11 is 0. The Hall–Kier alpha value is -0.930. The Labute approximate surface area is 103 Å². The van der Waals surface area contributed by atoms with Gasteiger partial charge in [0.15, 0.2) is 0 Å². The van der Waals surface area contributed by atoms with E-state index in [0.717, 1.165) is 12.5 Å². The van der Waals surface area contributed by atoms with Gasteiger partial charge in [-0.25, -0.2) is 0 Å². The molecule has 92 valence electrons. The van der Waals surface area contributed by atoms with Crippen LogP contribution in [0.25, 0.3) is 0 Å². The maximum atomic E-state index is 4.45. The van der Waals surface area contributed by atoms with Crippen molar-refractivity contribution in [3.8, 4) is 0 Å². The Morgan fingerprint density at radius 3 is 3.18 bits per heavy atom. The summed E-state index contributed by atoms with van der Waals surface area (Å²) in [7, 11) is 0.